The summed E-state index contributed by atoms with van der Waals surface area (Å²) in [7, 11) is 0. The summed E-state index contributed by atoms with van der Waals surface area (Å²) in [4.78, 5) is 8.53. The van der Waals surface area contributed by atoms with E-state index in [2.05, 4.69) is 50.2 Å². The molecule has 1 heterocycles. The first-order chi connectivity index (χ1) is 9.22. The summed E-state index contributed by atoms with van der Waals surface area (Å²) in [5, 5.41) is 0. The molecule has 1 aliphatic carbocycles. The number of nitrogens with zero attached hydrogens (tertiary/aromatic N) is 2. The van der Waals surface area contributed by atoms with E-state index in [0.29, 0.717) is 11.7 Å². The Bertz CT molecular complexity index is 580. The molecule has 0 aliphatic heterocycles. The number of fused-ring (bicyclic) bond motifs is 1. The number of rotatable bonds is 2. The van der Waals surface area contributed by atoms with Crippen LogP contribution in [0.3, 0.4) is 0 Å². The number of hydrogen-bond donors (Lipinski definition) is 0. The van der Waals surface area contributed by atoms with Crippen LogP contribution in [0.25, 0.3) is 0 Å². The van der Waals surface area contributed by atoms with Crippen LogP contribution in [0, 0.1) is 6.92 Å². The molecule has 19 heavy (non-hydrogen) atoms. The van der Waals surface area contributed by atoms with Crippen molar-refractivity contribution in [3.05, 3.63) is 51.9 Å². The van der Waals surface area contributed by atoms with Crippen LogP contribution >= 0.6 is 15.9 Å². The third kappa shape index (κ3) is 2.78. The van der Waals surface area contributed by atoms with Crippen LogP contribution in [0.2, 0.25) is 0 Å². The van der Waals surface area contributed by atoms with Gasteiger partial charge in [0.25, 0.3) is 0 Å². The number of hydrogen-bond acceptors (Lipinski definition) is 3. The van der Waals surface area contributed by atoms with E-state index in [1.807, 2.05) is 13.0 Å². The molecule has 1 unspecified atom stereocenters. The SMILES string of the molecule is Cc1nc(Br)cc(OC2CCCc3ccccc32)n1. The summed E-state index contributed by atoms with van der Waals surface area (Å²) in [6.07, 6.45) is 3.44. The molecule has 0 bridgehead atoms. The molecule has 0 fully saturated rings. The van der Waals surface area contributed by atoms with Crippen molar-refractivity contribution in [1.82, 2.24) is 9.97 Å². The molecule has 0 saturated carbocycles. The van der Waals surface area contributed by atoms with Gasteiger partial charge < -0.3 is 4.74 Å². The quantitative estimate of drug-likeness (QED) is 0.785. The smallest absolute Gasteiger partial charge is 0.218 e. The Morgan fingerprint density at radius 2 is 2.11 bits per heavy atom. The maximum absolute atomic E-state index is 6.06. The fourth-order valence-electron chi connectivity index (χ4n) is 2.54. The molecule has 0 N–H and O–H groups in total. The second-order valence-electron chi connectivity index (χ2n) is 4.77. The van der Waals surface area contributed by atoms with E-state index in [0.717, 1.165) is 23.9 Å². The van der Waals surface area contributed by atoms with Gasteiger partial charge in [0.05, 0.1) is 0 Å². The van der Waals surface area contributed by atoms with Crippen molar-refractivity contribution < 1.29 is 4.74 Å². The number of aromatic nitrogens is 2. The second kappa shape index (κ2) is 5.29. The predicted molar refractivity (Wildman–Crippen MR) is 77.2 cm³/mol. The lowest BCUT2D eigenvalue weighted by Gasteiger charge is -2.25. The minimum Gasteiger partial charge on any atom is -0.469 e. The minimum absolute atomic E-state index is 0.103. The van der Waals surface area contributed by atoms with Gasteiger partial charge >= 0.3 is 0 Å². The zero-order valence-electron chi connectivity index (χ0n) is 10.8. The van der Waals surface area contributed by atoms with Crippen molar-refractivity contribution in [3.8, 4) is 5.88 Å². The highest BCUT2D eigenvalue weighted by Crippen LogP contribution is 2.33. The Morgan fingerprint density at radius 1 is 1.26 bits per heavy atom. The Morgan fingerprint density at radius 3 is 2.95 bits per heavy atom. The predicted octanol–water partition coefficient (Wildman–Crippen LogP) is 4.00. The molecule has 3 rings (SSSR count). The van der Waals surface area contributed by atoms with Crippen molar-refractivity contribution in [3.63, 3.8) is 0 Å². The largest absolute Gasteiger partial charge is 0.469 e. The van der Waals surface area contributed by atoms with E-state index in [1.54, 1.807) is 0 Å². The maximum atomic E-state index is 6.06. The fraction of sp³-hybridized carbons (Fsp3) is 0.333. The monoisotopic (exact) mass is 318 g/mol. The van der Waals surface area contributed by atoms with Crippen molar-refractivity contribution in [1.29, 1.82) is 0 Å². The second-order valence-corrected chi connectivity index (χ2v) is 5.59. The van der Waals surface area contributed by atoms with E-state index >= 15 is 0 Å². The van der Waals surface area contributed by atoms with Gasteiger partial charge in [0, 0.05) is 6.07 Å². The number of halogens is 1. The Labute approximate surface area is 121 Å². The van der Waals surface area contributed by atoms with Crippen LogP contribution in [-0.4, -0.2) is 9.97 Å². The third-order valence-electron chi connectivity index (χ3n) is 3.36. The summed E-state index contributed by atoms with van der Waals surface area (Å²) in [5.41, 5.74) is 2.68. The number of aryl methyl sites for hydroxylation is 2. The number of benzene rings is 1. The standard InChI is InChI=1S/C15H15BrN2O/c1-10-17-14(16)9-15(18-10)19-13-8-4-6-11-5-2-3-7-12(11)13/h2-3,5,7,9,13H,4,6,8H2,1H3. The molecule has 1 atom stereocenters. The molecule has 0 radical (unpaired) electrons. The van der Waals surface area contributed by atoms with E-state index in [9.17, 15) is 0 Å². The van der Waals surface area contributed by atoms with E-state index in [-0.39, 0.29) is 6.10 Å². The third-order valence-corrected chi connectivity index (χ3v) is 3.77. The van der Waals surface area contributed by atoms with Gasteiger partial charge in [-0.1, -0.05) is 24.3 Å². The topological polar surface area (TPSA) is 35.0 Å². The molecule has 1 aromatic heterocycles. The Hall–Kier alpha value is -1.42. The average molecular weight is 319 g/mol. The summed E-state index contributed by atoms with van der Waals surface area (Å²) in [6, 6.07) is 10.3. The molecule has 98 valence electrons. The van der Waals surface area contributed by atoms with Crippen molar-refractivity contribution in [2.75, 3.05) is 0 Å². The van der Waals surface area contributed by atoms with Gasteiger partial charge in [0.15, 0.2) is 0 Å². The molecule has 0 amide bonds. The highest BCUT2D eigenvalue weighted by Gasteiger charge is 2.21. The van der Waals surface area contributed by atoms with Crippen molar-refractivity contribution in [2.24, 2.45) is 0 Å². The van der Waals surface area contributed by atoms with Gasteiger partial charge in [-0.05, 0) is 53.2 Å². The molecule has 1 aliphatic rings. The first-order valence-corrected chi connectivity index (χ1v) is 7.27. The molecule has 3 nitrogen and oxygen atoms in total. The zero-order valence-corrected chi connectivity index (χ0v) is 12.4. The van der Waals surface area contributed by atoms with E-state index < -0.39 is 0 Å². The normalized spacial score (nSPS) is 17.9. The summed E-state index contributed by atoms with van der Waals surface area (Å²) in [6.45, 7) is 1.87. The van der Waals surface area contributed by atoms with Crippen LogP contribution in [0.4, 0.5) is 0 Å². The van der Waals surface area contributed by atoms with Gasteiger partial charge in [-0.2, -0.15) is 4.98 Å². The van der Waals surface area contributed by atoms with E-state index in [1.165, 1.54) is 11.1 Å². The highest BCUT2D eigenvalue weighted by atomic mass is 79.9. The summed E-state index contributed by atoms with van der Waals surface area (Å²) < 4.78 is 6.83. The van der Waals surface area contributed by atoms with Gasteiger partial charge in [-0.15, -0.1) is 0 Å². The lowest BCUT2D eigenvalue weighted by atomic mass is 9.89. The first-order valence-electron chi connectivity index (χ1n) is 6.48. The van der Waals surface area contributed by atoms with Gasteiger partial charge in [0.2, 0.25) is 5.88 Å². The lowest BCUT2D eigenvalue weighted by molar-refractivity contribution is 0.175. The molecule has 1 aromatic carbocycles. The maximum Gasteiger partial charge on any atom is 0.218 e. The fourth-order valence-corrected chi connectivity index (χ4v) is 3.00. The molecular formula is C15H15BrN2O. The summed E-state index contributed by atoms with van der Waals surface area (Å²) in [5.74, 6) is 1.36. The lowest BCUT2D eigenvalue weighted by Crippen LogP contribution is -2.15. The molecule has 0 spiro atoms. The Kier molecular flexibility index (Phi) is 3.51. The Balaban J connectivity index is 1.88. The van der Waals surface area contributed by atoms with Crippen LogP contribution in [-0.2, 0) is 6.42 Å². The van der Waals surface area contributed by atoms with Crippen LogP contribution in [0.1, 0.15) is 35.9 Å². The molecule has 2 aromatic rings. The van der Waals surface area contributed by atoms with Gasteiger partial charge in [0.1, 0.15) is 16.5 Å². The first kappa shape index (κ1) is 12.6. The molecule has 0 saturated heterocycles. The number of ether oxygens (including phenoxy) is 1. The van der Waals surface area contributed by atoms with Crippen LogP contribution < -0.4 is 4.74 Å². The van der Waals surface area contributed by atoms with Gasteiger partial charge in [-0.3, -0.25) is 0 Å². The zero-order chi connectivity index (χ0) is 13.2. The van der Waals surface area contributed by atoms with Crippen molar-refractivity contribution in [2.45, 2.75) is 32.3 Å². The summed E-state index contributed by atoms with van der Waals surface area (Å²) >= 11 is 3.38. The minimum atomic E-state index is 0.103. The van der Waals surface area contributed by atoms with E-state index in [4.69, 9.17) is 4.74 Å². The molecular weight excluding hydrogens is 304 g/mol. The van der Waals surface area contributed by atoms with Crippen LogP contribution in [0.15, 0.2) is 34.9 Å². The molecule has 4 heteroatoms. The average Bonchev–Trinajstić information content (AvgIpc) is 2.38. The van der Waals surface area contributed by atoms with Crippen LogP contribution in [0.5, 0.6) is 5.88 Å². The highest BCUT2D eigenvalue weighted by molar-refractivity contribution is 9.10. The van der Waals surface area contributed by atoms with Gasteiger partial charge in [-0.25, -0.2) is 4.98 Å². The van der Waals surface area contributed by atoms with Crippen molar-refractivity contribution >= 4 is 15.9 Å².